The summed E-state index contributed by atoms with van der Waals surface area (Å²) in [5.74, 6) is 0.271. The Morgan fingerprint density at radius 2 is 1.70 bits per heavy atom. The smallest absolute Gasteiger partial charge is 0.318 e. The molecule has 1 heterocycles. The molecule has 7 heteroatoms. The number of urea groups is 1. The van der Waals surface area contributed by atoms with Gasteiger partial charge in [0, 0.05) is 24.2 Å². The number of aromatic nitrogens is 2. The van der Waals surface area contributed by atoms with Crippen LogP contribution in [0.5, 0.6) is 0 Å². The van der Waals surface area contributed by atoms with Gasteiger partial charge in [0.1, 0.15) is 12.4 Å². The van der Waals surface area contributed by atoms with Crippen LogP contribution in [0.4, 0.5) is 16.3 Å². The van der Waals surface area contributed by atoms with Crippen molar-refractivity contribution >= 4 is 23.4 Å². The number of carbonyl (C=O) groups excluding carboxylic acids is 2. The predicted octanol–water partition coefficient (Wildman–Crippen LogP) is 5.14. The Bertz CT molecular complexity index is 1130. The lowest BCUT2D eigenvalue weighted by atomic mass is 9.92. The van der Waals surface area contributed by atoms with Crippen LogP contribution in [0.3, 0.4) is 0 Å². The van der Waals surface area contributed by atoms with Crippen molar-refractivity contribution in [3.63, 3.8) is 0 Å². The first kappa shape index (κ1) is 24.0. The third-order valence-electron chi connectivity index (χ3n) is 5.43. The van der Waals surface area contributed by atoms with Crippen molar-refractivity contribution < 1.29 is 9.59 Å². The van der Waals surface area contributed by atoms with E-state index < -0.39 is 0 Å². The lowest BCUT2D eigenvalue weighted by Crippen LogP contribution is -2.37. The van der Waals surface area contributed by atoms with Crippen molar-refractivity contribution in [3.8, 4) is 5.69 Å². The molecule has 0 bridgehead atoms. The third-order valence-corrected chi connectivity index (χ3v) is 5.43. The SMILES string of the molecule is CCc1ccc(NC(=O)N(C)CC(=O)Nc2cc(C(C)(C)C)nn2-c2ccccc2C)cc1. The van der Waals surface area contributed by atoms with Crippen LogP contribution in [0.1, 0.15) is 44.5 Å². The Morgan fingerprint density at radius 3 is 2.30 bits per heavy atom. The maximum atomic E-state index is 12.8. The van der Waals surface area contributed by atoms with E-state index in [1.807, 2.05) is 61.5 Å². The van der Waals surface area contributed by atoms with Crippen LogP contribution in [0.25, 0.3) is 5.69 Å². The molecule has 0 aliphatic rings. The van der Waals surface area contributed by atoms with E-state index in [1.54, 1.807) is 11.7 Å². The fraction of sp³-hybridized carbons (Fsp3) is 0.346. The lowest BCUT2D eigenvalue weighted by Gasteiger charge is -2.18. The van der Waals surface area contributed by atoms with Crippen LogP contribution in [-0.2, 0) is 16.6 Å². The monoisotopic (exact) mass is 447 g/mol. The maximum absolute atomic E-state index is 12.8. The third kappa shape index (κ3) is 6.00. The van der Waals surface area contributed by atoms with Crippen molar-refractivity contribution in [1.29, 1.82) is 0 Å². The van der Waals surface area contributed by atoms with Crippen LogP contribution >= 0.6 is 0 Å². The quantitative estimate of drug-likeness (QED) is 0.549. The van der Waals surface area contributed by atoms with E-state index in [2.05, 4.69) is 38.3 Å². The second-order valence-corrected chi connectivity index (χ2v) is 9.25. The summed E-state index contributed by atoms with van der Waals surface area (Å²) in [6.45, 7) is 10.2. The zero-order valence-electron chi connectivity index (χ0n) is 20.3. The maximum Gasteiger partial charge on any atom is 0.322 e. The molecule has 174 valence electrons. The number of benzene rings is 2. The van der Waals surface area contributed by atoms with Gasteiger partial charge in [-0.3, -0.25) is 4.79 Å². The van der Waals surface area contributed by atoms with Crippen LogP contribution in [0.15, 0.2) is 54.6 Å². The van der Waals surface area contributed by atoms with Gasteiger partial charge in [-0.05, 0) is 42.7 Å². The molecule has 7 nitrogen and oxygen atoms in total. The Morgan fingerprint density at radius 1 is 1.03 bits per heavy atom. The topological polar surface area (TPSA) is 79.3 Å². The van der Waals surface area contributed by atoms with Gasteiger partial charge < -0.3 is 15.5 Å². The molecule has 0 fully saturated rings. The Labute approximate surface area is 195 Å². The highest BCUT2D eigenvalue weighted by Gasteiger charge is 2.22. The molecule has 0 radical (unpaired) electrons. The number of hydrogen-bond acceptors (Lipinski definition) is 3. The van der Waals surface area contributed by atoms with Gasteiger partial charge >= 0.3 is 6.03 Å². The van der Waals surface area contributed by atoms with Crippen molar-refractivity contribution in [1.82, 2.24) is 14.7 Å². The number of para-hydroxylation sites is 1. The molecule has 0 saturated carbocycles. The number of rotatable bonds is 6. The van der Waals surface area contributed by atoms with Crippen LogP contribution in [0.2, 0.25) is 0 Å². The molecule has 0 unspecified atom stereocenters. The second-order valence-electron chi connectivity index (χ2n) is 9.25. The fourth-order valence-electron chi connectivity index (χ4n) is 3.33. The lowest BCUT2D eigenvalue weighted by molar-refractivity contribution is -0.116. The first-order chi connectivity index (χ1) is 15.6. The van der Waals surface area contributed by atoms with Crippen LogP contribution in [-0.4, -0.2) is 40.2 Å². The molecule has 0 saturated heterocycles. The molecule has 3 amide bonds. The Kier molecular flexibility index (Phi) is 7.21. The van der Waals surface area contributed by atoms with E-state index >= 15 is 0 Å². The van der Waals surface area contributed by atoms with E-state index in [0.717, 1.165) is 23.4 Å². The summed E-state index contributed by atoms with van der Waals surface area (Å²) in [5, 5.41) is 10.5. The van der Waals surface area contributed by atoms with Crippen molar-refractivity contribution in [2.45, 2.75) is 46.5 Å². The summed E-state index contributed by atoms with van der Waals surface area (Å²) < 4.78 is 1.75. The van der Waals surface area contributed by atoms with E-state index in [-0.39, 0.29) is 23.9 Å². The number of likely N-dealkylation sites (N-methyl/N-ethyl adjacent to an activating group) is 1. The molecule has 0 spiro atoms. The van der Waals surface area contributed by atoms with Gasteiger partial charge in [-0.15, -0.1) is 0 Å². The number of nitrogens with one attached hydrogen (secondary N) is 2. The van der Waals surface area contributed by atoms with E-state index in [0.29, 0.717) is 11.5 Å². The van der Waals surface area contributed by atoms with Gasteiger partial charge in [0.25, 0.3) is 0 Å². The number of nitrogens with zero attached hydrogens (tertiary/aromatic N) is 3. The molecule has 2 N–H and O–H groups in total. The molecular weight excluding hydrogens is 414 g/mol. The van der Waals surface area contributed by atoms with Crippen LogP contribution in [0, 0.1) is 6.92 Å². The van der Waals surface area contributed by atoms with Gasteiger partial charge in [0.2, 0.25) is 5.91 Å². The van der Waals surface area contributed by atoms with Crippen molar-refractivity contribution in [3.05, 3.63) is 71.4 Å². The zero-order chi connectivity index (χ0) is 24.2. The predicted molar refractivity (Wildman–Crippen MR) is 133 cm³/mol. The summed E-state index contributed by atoms with van der Waals surface area (Å²) in [6.07, 6.45) is 0.935. The molecule has 0 atom stereocenters. The van der Waals surface area contributed by atoms with Gasteiger partial charge in [-0.25, -0.2) is 9.48 Å². The molecule has 0 aliphatic heterocycles. The number of amides is 3. The van der Waals surface area contributed by atoms with Crippen molar-refractivity contribution in [2.75, 3.05) is 24.2 Å². The Hall–Kier alpha value is -3.61. The fourth-order valence-corrected chi connectivity index (χ4v) is 3.33. The minimum Gasteiger partial charge on any atom is -0.318 e. The minimum atomic E-state index is -0.350. The second kappa shape index (κ2) is 9.90. The zero-order valence-corrected chi connectivity index (χ0v) is 20.3. The molecule has 0 aliphatic carbocycles. The average Bonchev–Trinajstić information content (AvgIpc) is 3.18. The standard InChI is InChI=1S/C26H33N5O2/c1-7-19-12-14-20(15-13-19)27-25(33)30(6)17-24(32)28-23-16-22(26(3,4)5)29-31(23)21-11-9-8-10-18(21)2/h8-16H,7,17H2,1-6H3,(H,27,33)(H,28,32). The molecule has 1 aromatic heterocycles. The molecule has 3 rings (SSSR count). The van der Waals surface area contributed by atoms with E-state index in [9.17, 15) is 9.59 Å². The average molecular weight is 448 g/mol. The van der Waals surface area contributed by atoms with Gasteiger partial charge in [0.05, 0.1) is 11.4 Å². The summed E-state index contributed by atoms with van der Waals surface area (Å²) in [7, 11) is 1.59. The first-order valence-corrected chi connectivity index (χ1v) is 11.2. The largest absolute Gasteiger partial charge is 0.322 e. The summed E-state index contributed by atoms with van der Waals surface area (Å²) >= 11 is 0. The normalized spacial score (nSPS) is 11.2. The minimum absolute atomic E-state index is 0.0946. The number of anilines is 2. The molecule has 2 aromatic carbocycles. The first-order valence-electron chi connectivity index (χ1n) is 11.2. The number of hydrogen-bond donors (Lipinski definition) is 2. The summed E-state index contributed by atoms with van der Waals surface area (Å²) in [4.78, 5) is 26.7. The highest BCUT2D eigenvalue weighted by Crippen LogP contribution is 2.27. The molecular formula is C26H33N5O2. The van der Waals surface area contributed by atoms with Crippen LogP contribution < -0.4 is 10.6 Å². The summed E-state index contributed by atoms with van der Waals surface area (Å²) in [5.41, 5.74) is 4.50. The van der Waals surface area contributed by atoms with Gasteiger partial charge in [0.15, 0.2) is 0 Å². The summed E-state index contributed by atoms with van der Waals surface area (Å²) in [6, 6.07) is 17.1. The Balaban J connectivity index is 1.73. The van der Waals surface area contributed by atoms with Gasteiger partial charge in [-0.2, -0.15) is 5.10 Å². The highest BCUT2D eigenvalue weighted by atomic mass is 16.2. The van der Waals surface area contributed by atoms with Gasteiger partial charge in [-0.1, -0.05) is 58.0 Å². The van der Waals surface area contributed by atoms with E-state index in [4.69, 9.17) is 5.10 Å². The number of aryl methyl sites for hydroxylation is 2. The number of carbonyl (C=O) groups is 2. The highest BCUT2D eigenvalue weighted by molar-refractivity contribution is 5.96. The van der Waals surface area contributed by atoms with Crippen molar-refractivity contribution in [2.24, 2.45) is 0 Å². The molecule has 33 heavy (non-hydrogen) atoms. The molecule has 3 aromatic rings. The van der Waals surface area contributed by atoms with E-state index in [1.165, 1.54) is 10.5 Å².